The number of thiazole rings is 1. The highest BCUT2D eigenvalue weighted by atomic mass is 35.5. The zero-order chi connectivity index (χ0) is 19.9. The third-order valence-corrected chi connectivity index (χ3v) is 5.76. The number of nitrogen functional groups attached to an aromatic ring is 1. The number of amides is 1. The second-order valence-electron chi connectivity index (χ2n) is 6.73. The Bertz CT molecular complexity index is 924. The molecule has 1 amide bonds. The summed E-state index contributed by atoms with van der Waals surface area (Å²) >= 11 is 7.62. The number of hydrogen-bond acceptors (Lipinski definition) is 4. The van der Waals surface area contributed by atoms with Crippen molar-refractivity contribution in [3.05, 3.63) is 80.8 Å². The first kappa shape index (κ1) is 20.4. The van der Waals surface area contributed by atoms with Gasteiger partial charge in [0.15, 0.2) is 0 Å². The second-order valence-corrected chi connectivity index (χ2v) is 8.05. The van der Waals surface area contributed by atoms with Crippen LogP contribution in [0.15, 0.2) is 53.9 Å². The number of benzene rings is 2. The van der Waals surface area contributed by atoms with Gasteiger partial charge in [0.1, 0.15) is 5.01 Å². The van der Waals surface area contributed by atoms with Crippen LogP contribution in [0.25, 0.3) is 0 Å². The second kappa shape index (κ2) is 9.71. The average molecular weight is 414 g/mol. The molecular formula is C22H24ClN3OS. The Kier molecular flexibility index (Phi) is 7.06. The van der Waals surface area contributed by atoms with Crippen LogP contribution in [-0.4, -0.2) is 10.9 Å². The zero-order valence-corrected chi connectivity index (χ0v) is 17.4. The molecule has 0 saturated heterocycles. The number of carbonyl (C=O) groups excluding carboxylic acids is 1. The smallest absolute Gasteiger partial charge is 0.220 e. The molecule has 0 aliphatic rings. The van der Waals surface area contributed by atoms with Gasteiger partial charge in [0, 0.05) is 22.5 Å². The predicted octanol–water partition coefficient (Wildman–Crippen LogP) is 4.97. The molecule has 6 heteroatoms. The van der Waals surface area contributed by atoms with E-state index in [2.05, 4.69) is 22.6 Å². The van der Waals surface area contributed by atoms with Crippen molar-refractivity contribution in [3.63, 3.8) is 0 Å². The third kappa shape index (κ3) is 5.81. The third-order valence-electron chi connectivity index (χ3n) is 4.51. The number of rotatable bonds is 8. The molecule has 0 bridgehead atoms. The van der Waals surface area contributed by atoms with Crippen molar-refractivity contribution in [2.45, 2.75) is 38.6 Å². The van der Waals surface area contributed by atoms with E-state index in [4.69, 9.17) is 17.3 Å². The van der Waals surface area contributed by atoms with Crippen LogP contribution in [0.5, 0.6) is 0 Å². The number of halogens is 1. The molecule has 3 rings (SSSR count). The molecule has 3 aromatic rings. The Balaban J connectivity index is 1.68. The van der Waals surface area contributed by atoms with Gasteiger partial charge in [-0.05, 0) is 54.7 Å². The van der Waals surface area contributed by atoms with Crippen LogP contribution in [0.4, 0.5) is 5.69 Å². The fraction of sp³-hybridized carbons (Fsp3) is 0.273. The number of aryl methyl sites for hydroxylation is 2. The summed E-state index contributed by atoms with van der Waals surface area (Å²) in [5.41, 5.74) is 9.74. The first-order chi connectivity index (χ1) is 13.5. The van der Waals surface area contributed by atoms with Gasteiger partial charge < -0.3 is 11.1 Å². The lowest BCUT2D eigenvalue weighted by molar-refractivity contribution is -0.121. The lowest BCUT2D eigenvalue weighted by Gasteiger charge is -2.17. The summed E-state index contributed by atoms with van der Waals surface area (Å²) in [4.78, 5) is 17.3. The lowest BCUT2D eigenvalue weighted by atomic mass is 10.0. The Morgan fingerprint density at radius 2 is 2.00 bits per heavy atom. The van der Waals surface area contributed by atoms with Gasteiger partial charge in [0.2, 0.25) is 5.91 Å². The molecule has 4 nitrogen and oxygen atoms in total. The molecule has 0 radical (unpaired) electrons. The maximum absolute atomic E-state index is 12.6. The first-order valence-corrected chi connectivity index (χ1v) is 10.6. The molecule has 1 heterocycles. The van der Waals surface area contributed by atoms with E-state index in [1.54, 1.807) is 11.3 Å². The first-order valence-electron chi connectivity index (χ1n) is 9.36. The molecule has 2 aromatic carbocycles. The minimum atomic E-state index is -0.152. The van der Waals surface area contributed by atoms with E-state index in [0.717, 1.165) is 33.9 Å². The van der Waals surface area contributed by atoms with Gasteiger partial charge in [-0.15, -0.1) is 11.3 Å². The van der Waals surface area contributed by atoms with Crippen molar-refractivity contribution in [1.82, 2.24) is 10.3 Å². The van der Waals surface area contributed by atoms with E-state index >= 15 is 0 Å². The van der Waals surface area contributed by atoms with Gasteiger partial charge >= 0.3 is 0 Å². The molecule has 3 N–H and O–H groups in total. The highest BCUT2D eigenvalue weighted by molar-refractivity contribution is 7.09. The summed E-state index contributed by atoms with van der Waals surface area (Å²) in [5, 5.41) is 6.85. The Morgan fingerprint density at radius 3 is 2.68 bits per heavy atom. The van der Waals surface area contributed by atoms with Gasteiger partial charge in [-0.1, -0.05) is 42.8 Å². The topological polar surface area (TPSA) is 68.0 Å². The summed E-state index contributed by atoms with van der Waals surface area (Å²) in [6.45, 7) is 2.08. The van der Waals surface area contributed by atoms with Crippen LogP contribution < -0.4 is 11.1 Å². The Morgan fingerprint density at radius 1 is 1.21 bits per heavy atom. The van der Waals surface area contributed by atoms with Crippen LogP contribution >= 0.6 is 22.9 Å². The molecule has 0 spiro atoms. The van der Waals surface area contributed by atoms with Crippen LogP contribution in [0.2, 0.25) is 5.02 Å². The van der Waals surface area contributed by atoms with Gasteiger partial charge in [-0.3, -0.25) is 4.79 Å². The molecule has 0 saturated carbocycles. The fourth-order valence-corrected chi connectivity index (χ4v) is 4.12. The largest absolute Gasteiger partial charge is 0.399 e. The average Bonchev–Trinajstić information content (AvgIpc) is 3.17. The normalized spacial score (nSPS) is 11.9. The Labute approximate surface area is 174 Å². The molecule has 0 fully saturated rings. The number of hydrogen-bond donors (Lipinski definition) is 2. The summed E-state index contributed by atoms with van der Waals surface area (Å²) in [5.74, 6) is 0.00803. The number of carbonyl (C=O) groups is 1. The highest BCUT2D eigenvalue weighted by Crippen LogP contribution is 2.23. The molecule has 0 aliphatic heterocycles. The van der Waals surface area contributed by atoms with Crippen LogP contribution in [0, 0.1) is 0 Å². The summed E-state index contributed by atoms with van der Waals surface area (Å²) in [6, 6.07) is 15.2. The number of aromatic nitrogens is 1. The summed E-state index contributed by atoms with van der Waals surface area (Å²) < 4.78 is 0. The van der Waals surface area contributed by atoms with E-state index in [-0.39, 0.29) is 11.9 Å². The van der Waals surface area contributed by atoms with Gasteiger partial charge in [-0.2, -0.15) is 0 Å². The van der Waals surface area contributed by atoms with Crippen molar-refractivity contribution in [2.24, 2.45) is 0 Å². The minimum absolute atomic E-state index is 0.00803. The fourth-order valence-electron chi connectivity index (χ4n) is 2.95. The number of nitrogens with two attached hydrogens (primary N) is 1. The van der Waals surface area contributed by atoms with Crippen LogP contribution in [0.1, 0.15) is 41.2 Å². The highest BCUT2D eigenvalue weighted by Gasteiger charge is 2.19. The van der Waals surface area contributed by atoms with E-state index in [9.17, 15) is 4.79 Å². The van der Waals surface area contributed by atoms with Crippen molar-refractivity contribution < 1.29 is 4.79 Å². The van der Waals surface area contributed by atoms with E-state index in [1.165, 1.54) is 0 Å². The van der Waals surface area contributed by atoms with E-state index < -0.39 is 0 Å². The van der Waals surface area contributed by atoms with Gasteiger partial charge in [0.25, 0.3) is 0 Å². The van der Waals surface area contributed by atoms with Crippen molar-refractivity contribution in [3.8, 4) is 0 Å². The van der Waals surface area contributed by atoms with Crippen molar-refractivity contribution in [2.75, 3.05) is 5.73 Å². The molecule has 28 heavy (non-hydrogen) atoms. The van der Waals surface area contributed by atoms with Crippen LogP contribution in [0.3, 0.4) is 0 Å². The molecule has 1 aromatic heterocycles. The predicted molar refractivity (Wildman–Crippen MR) is 117 cm³/mol. The SMILES string of the molecule is CCc1csc([C@H](Cc2ccc(N)cc2)NC(=O)CCc2cccc(Cl)c2)n1. The molecular weight excluding hydrogens is 390 g/mol. The lowest BCUT2D eigenvalue weighted by Crippen LogP contribution is -2.30. The zero-order valence-electron chi connectivity index (χ0n) is 15.8. The molecule has 0 unspecified atom stereocenters. The number of nitrogens with one attached hydrogen (secondary N) is 1. The summed E-state index contributed by atoms with van der Waals surface area (Å²) in [6.07, 6.45) is 2.62. The maximum atomic E-state index is 12.6. The molecule has 0 aliphatic carbocycles. The minimum Gasteiger partial charge on any atom is -0.399 e. The molecule has 146 valence electrons. The van der Waals surface area contributed by atoms with Gasteiger partial charge in [0.05, 0.1) is 11.7 Å². The monoisotopic (exact) mass is 413 g/mol. The number of anilines is 1. The number of nitrogens with zero attached hydrogens (tertiary/aromatic N) is 1. The van der Waals surface area contributed by atoms with Crippen molar-refractivity contribution in [1.29, 1.82) is 0 Å². The van der Waals surface area contributed by atoms with Crippen LogP contribution in [-0.2, 0) is 24.1 Å². The van der Waals surface area contributed by atoms with E-state index in [1.807, 2.05) is 48.5 Å². The van der Waals surface area contributed by atoms with Crippen molar-refractivity contribution >= 4 is 34.5 Å². The molecule has 1 atom stereocenters. The quantitative estimate of drug-likeness (QED) is 0.512. The standard InChI is InChI=1S/C22H24ClN3OS/c1-2-19-14-28-22(25-19)20(13-16-6-9-18(24)10-7-16)26-21(27)11-8-15-4-3-5-17(23)12-15/h3-7,9-10,12,14,20H,2,8,11,13,24H2,1H3,(H,26,27)/t20-/m0/s1. The van der Waals surface area contributed by atoms with Gasteiger partial charge in [-0.25, -0.2) is 4.98 Å². The maximum Gasteiger partial charge on any atom is 0.220 e. The summed E-state index contributed by atoms with van der Waals surface area (Å²) in [7, 11) is 0. The Hall–Kier alpha value is -2.37. The van der Waals surface area contributed by atoms with E-state index in [0.29, 0.717) is 24.3 Å².